The van der Waals surface area contributed by atoms with Gasteiger partial charge in [-0.2, -0.15) is 0 Å². The number of hydrogen-bond donors (Lipinski definition) is 1. The van der Waals surface area contributed by atoms with Crippen molar-refractivity contribution in [2.45, 2.75) is 6.54 Å². The van der Waals surface area contributed by atoms with Crippen molar-refractivity contribution in [1.29, 1.82) is 0 Å². The van der Waals surface area contributed by atoms with Crippen molar-refractivity contribution >= 4 is 10.0 Å². The molecule has 0 saturated heterocycles. The first kappa shape index (κ1) is 9.22. The van der Waals surface area contributed by atoms with Gasteiger partial charge in [-0.15, -0.1) is 0 Å². The van der Waals surface area contributed by atoms with Gasteiger partial charge in [0.1, 0.15) is 0 Å². The van der Waals surface area contributed by atoms with Crippen LogP contribution in [0.2, 0.25) is 0 Å². The molecule has 0 aliphatic carbocycles. The maximum absolute atomic E-state index is 10.7. The van der Waals surface area contributed by atoms with E-state index in [4.69, 9.17) is 0 Å². The lowest BCUT2D eigenvalue weighted by Crippen LogP contribution is -2.21. The van der Waals surface area contributed by atoms with Gasteiger partial charge in [0.05, 0.1) is 6.26 Å². The predicted octanol–water partition coefficient (Wildman–Crippen LogP) is 0.536. The Labute approximate surface area is 72.5 Å². The van der Waals surface area contributed by atoms with Crippen molar-refractivity contribution in [3.05, 3.63) is 35.9 Å². The van der Waals surface area contributed by atoms with Gasteiger partial charge >= 0.3 is 0 Å². The molecular weight excluding hydrogens is 174 g/mol. The zero-order chi connectivity index (χ0) is 9.03. The van der Waals surface area contributed by atoms with Gasteiger partial charge in [-0.05, 0) is 11.6 Å². The largest absolute Gasteiger partial charge is 0.213 e. The summed E-state index contributed by atoms with van der Waals surface area (Å²) in [7, 11) is -3.08. The van der Waals surface area contributed by atoms with Crippen molar-refractivity contribution < 1.29 is 8.42 Å². The van der Waals surface area contributed by atoms with E-state index in [0.717, 1.165) is 11.8 Å². The maximum Gasteiger partial charge on any atom is 0.209 e. The smallest absolute Gasteiger partial charge is 0.209 e. The highest BCUT2D eigenvalue weighted by molar-refractivity contribution is 7.88. The second kappa shape index (κ2) is 3.69. The third-order valence-corrected chi connectivity index (χ3v) is 1.99. The molecule has 3 nitrogen and oxygen atoms in total. The molecule has 1 rings (SSSR count). The first-order valence-corrected chi connectivity index (χ1v) is 5.37. The second-order valence-corrected chi connectivity index (χ2v) is 4.33. The third kappa shape index (κ3) is 3.50. The van der Waals surface area contributed by atoms with Crippen LogP contribution in [0.4, 0.5) is 0 Å². The number of hydrogen-bond acceptors (Lipinski definition) is 2. The predicted molar refractivity (Wildman–Crippen MR) is 47.0 cm³/mol. The highest BCUT2D eigenvalue weighted by Crippen LogP contribution is 1.96. The molecule has 0 heterocycles. The van der Waals surface area contributed by atoms with Gasteiger partial charge in [-0.1, -0.05) is 24.3 Å². The number of rotatable bonds is 3. The van der Waals surface area contributed by atoms with Crippen molar-refractivity contribution in [2.24, 2.45) is 0 Å². The van der Waals surface area contributed by atoms with E-state index in [2.05, 4.69) is 10.8 Å². The molecular formula is C8H10NO2S. The molecule has 0 bridgehead atoms. The Hall–Kier alpha value is -0.870. The minimum atomic E-state index is -3.08. The molecule has 1 N–H and O–H groups in total. The van der Waals surface area contributed by atoms with Crippen LogP contribution in [0.15, 0.2) is 24.3 Å². The van der Waals surface area contributed by atoms with E-state index in [-0.39, 0.29) is 0 Å². The molecule has 1 aromatic rings. The van der Waals surface area contributed by atoms with Gasteiger partial charge in [0, 0.05) is 6.54 Å². The summed E-state index contributed by atoms with van der Waals surface area (Å²) in [6.07, 6.45) is 1.14. The second-order valence-electron chi connectivity index (χ2n) is 2.50. The third-order valence-electron chi connectivity index (χ3n) is 1.33. The first-order valence-electron chi connectivity index (χ1n) is 3.47. The summed E-state index contributed by atoms with van der Waals surface area (Å²) < 4.78 is 23.8. The zero-order valence-electron chi connectivity index (χ0n) is 6.74. The summed E-state index contributed by atoms with van der Waals surface area (Å²) >= 11 is 0. The average Bonchev–Trinajstić information content (AvgIpc) is 2.02. The Balaban J connectivity index is 2.56. The van der Waals surface area contributed by atoms with Crippen LogP contribution in [0, 0.1) is 6.07 Å². The van der Waals surface area contributed by atoms with Crippen LogP contribution in [-0.4, -0.2) is 14.7 Å². The fourth-order valence-electron chi connectivity index (χ4n) is 0.754. The van der Waals surface area contributed by atoms with E-state index in [9.17, 15) is 8.42 Å². The van der Waals surface area contributed by atoms with Gasteiger partial charge in [0.15, 0.2) is 0 Å². The van der Waals surface area contributed by atoms with E-state index < -0.39 is 10.0 Å². The Bertz CT molecular complexity index is 331. The summed E-state index contributed by atoms with van der Waals surface area (Å²) in [5, 5.41) is 0. The SMILES string of the molecule is CS(=O)(=O)NCc1cc[c]cc1. The van der Waals surface area contributed by atoms with Crippen molar-refractivity contribution in [2.75, 3.05) is 6.26 Å². The van der Waals surface area contributed by atoms with Gasteiger partial charge < -0.3 is 0 Å². The monoisotopic (exact) mass is 184 g/mol. The van der Waals surface area contributed by atoms with Gasteiger partial charge in [0.25, 0.3) is 0 Å². The standard InChI is InChI=1S/C8H10NO2S/c1-12(10,11)9-7-8-5-3-2-4-6-8/h3-6,9H,7H2,1H3. The van der Waals surface area contributed by atoms with Gasteiger partial charge in [-0.3, -0.25) is 0 Å². The summed E-state index contributed by atoms with van der Waals surface area (Å²) in [6, 6.07) is 9.99. The van der Waals surface area contributed by atoms with Crippen LogP contribution in [0.5, 0.6) is 0 Å². The van der Waals surface area contributed by atoms with Gasteiger partial charge in [-0.25, -0.2) is 13.1 Å². The van der Waals surface area contributed by atoms with Crippen molar-refractivity contribution in [1.82, 2.24) is 4.72 Å². The average molecular weight is 184 g/mol. The topological polar surface area (TPSA) is 46.2 Å². The number of nitrogens with one attached hydrogen (secondary N) is 1. The lowest BCUT2D eigenvalue weighted by atomic mass is 10.2. The lowest BCUT2D eigenvalue weighted by Gasteiger charge is -2.00. The maximum atomic E-state index is 10.7. The molecule has 0 aliphatic rings. The van der Waals surface area contributed by atoms with Crippen LogP contribution in [0.3, 0.4) is 0 Å². The molecule has 1 radical (unpaired) electrons. The molecule has 0 saturated carbocycles. The number of benzene rings is 1. The minimum absolute atomic E-state index is 0.341. The highest BCUT2D eigenvalue weighted by atomic mass is 32.2. The van der Waals surface area contributed by atoms with Crippen LogP contribution in [-0.2, 0) is 16.6 Å². The Morgan fingerprint density at radius 1 is 1.42 bits per heavy atom. The molecule has 0 unspecified atom stereocenters. The lowest BCUT2D eigenvalue weighted by molar-refractivity contribution is 0.587. The van der Waals surface area contributed by atoms with Crippen LogP contribution < -0.4 is 4.72 Å². The minimum Gasteiger partial charge on any atom is -0.213 e. The molecule has 1 aromatic carbocycles. The molecule has 0 aromatic heterocycles. The molecule has 0 fully saturated rings. The molecule has 65 valence electrons. The number of sulfonamides is 1. The van der Waals surface area contributed by atoms with E-state index >= 15 is 0 Å². The van der Waals surface area contributed by atoms with Crippen molar-refractivity contribution in [3.8, 4) is 0 Å². The molecule has 0 atom stereocenters. The van der Waals surface area contributed by atoms with Crippen LogP contribution >= 0.6 is 0 Å². The van der Waals surface area contributed by atoms with Crippen LogP contribution in [0.1, 0.15) is 5.56 Å². The Morgan fingerprint density at radius 3 is 2.50 bits per heavy atom. The van der Waals surface area contributed by atoms with Crippen LogP contribution in [0.25, 0.3) is 0 Å². The zero-order valence-corrected chi connectivity index (χ0v) is 7.56. The Morgan fingerprint density at radius 2 is 2.00 bits per heavy atom. The van der Waals surface area contributed by atoms with E-state index in [1.54, 1.807) is 12.1 Å². The molecule has 0 aliphatic heterocycles. The molecule has 0 amide bonds. The van der Waals surface area contributed by atoms with Crippen molar-refractivity contribution in [3.63, 3.8) is 0 Å². The summed E-state index contributed by atoms with van der Waals surface area (Å²) in [6.45, 7) is 0.341. The Kier molecular flexibility index (Phi) is 2.83. The summed E-state index contributed by atoms with van der Waals surface area (Å²) in [5.74, 6) is 0. The summed E-state index contributed by atoms with van der Waals surface area (Å²) in [4.78, 5) is 0. The molecule has 4 heteroatoms. The quantitative estimate of drug-likeness (QED) is 0.745. The fourth-order valence-corrected chi connectivity index (χ4v) is 1.18. The summed E-state index contributed by atoms with van der Waals surface area (Å²) in [5.41, 5.74) is 0.930. The normalized spacial score (nSPS) is 11.4. The van der Waals surface area contributed by atoms with E-state index in [1.165, 1.54) is 0 Å². The molecule has 12 heavy (non-hydrogen) atoms. The van der Waals surface area contributed by atoms with Gasteiger partial charge in [0.2, 0.25) is 10.0 Å². The van der Waals surface area contributed by atoms with E-state index in [1.807, 2.05) is 12.1 Å². The van der Waals surface area contributed by atoms with E-state index in [0.29, 0.717) is 6.54 Å². The molecule has 0 spiro atoms. The highest BCUT2D eigenvalue weighted by Gasteiger charge is 1.98. The first-order chi connectivity index (χ1) is 5.58. The fraction of sp³-hybridized carbons (Fsp3) is 0.250.